The molecule has 0 aliphatic carbocycles. The summed E-state index contributed by atoms with van der Waals surface area (Å²) in [4.78, 5) is 31.8. The summed E-state index contributed by atoms with van der Waals surface area (Å²) in [6.45, 7) is 6.04. The first-order valence-electron chi connectivity index (χ1n) is 11.7. The number of aromatic nitrogens is 1. The number of nitrogens with zero attached hydrogens (tertiary/aromatic N) is 2. The van der Waals surface area contributed by atoms with Gasteiger partial charge in [0, 0.05) is 0 Å². The molecule has 0 fully saturated rings. The zero-order valence-corrected chi connectivity index (χ0v) is 21.5. The van der Waals surface area contributed by atoms with Crippen LogP contribution in [0.4, 0.5) is 0 Å². The quantitative estimate of drug-likeness (QED) is 0.435. The van der Waals surface area contributed by atoms with Gasteiger partial charge in [0.05, 0.1) is 42.2 Å². The Balaban J connectivity index is 1.88. The van der Waals surface area contributed by atoms with Gasteiger partial charge in [0.25, 0.3) is 5.56 Å². The standard InChI is InChI=1S/C28H28N2O5S/c1-5-34-22-17-20(15-16-21(22)33-4)25-24(27(32)35-6-2)18(3)29-28-30(25)26(31)23(36-28)14-10-13-19-11-8-7-9-12-19/h7-17,25H,5-6H2,1-4H3/b13-10+,23-14+/t25-/m1/s1. The number of thiazole rings is 1. The molecule has 186 valence electrons. The van der Waals surface area contributed by atoms with Crippen molar-refractivity contribution in [1.82, 2.24) is 4.57 Å². The summed E-state index contributed by atoms with van der Waals surface area (Å²) in [5.74, 6) is 0.594. The van der Waals surface area contributed by atoms with Gasteiger partial charge in [-0.05, 0) is 50.1 Å². The first kappa shape index (κ1) is 25.2. The number of hydrogen-bond donors (Lipinski definition) is 0. The van der Waals surface area contributed by atoms with Gasteiger partial charge in [-0.25, -0.2) is 9.79 Å². The third-order valence-corrected chi connectivity index (χ3v) is 6.66. The van der Waals surface area contributed by atoms with Crippen LogP contribution in [0.15, 0.2) is 75.7 Å². The van der Waals surface area contributed by atoms with Gasteiger partial charge in [-0.1, -0.05) is 59.9 Å². The summed E-state index contributed by atoms with van der Waals surface area (Å²) in [5, 5.41) is 0. The lowest BCUT2D eigenvalue weighted by atomic mass is 9.95. The zero-order valence-electron chi connectivity index (χ0n) is 20.7. The predicted octanol–water partition coefficient (Wildman–Crippen LogP) is 3.87. The molecule has 0 saturated carbocycles. The highest BCUT2D eigenvalue weighted by Crippen LogP contribution is 2.36. The number of carbonyl (C=O) groups is 1. The lowest BCUT2D eigenvalue weighted by Gasteiger charge is -2.25. The maximum absolute atomic E-state index is 13.6. The van der Waals surface area contributed by atoms with E-state index in [1.807, 2.05) is 55.5 Å². The lowest BCUT2D eigenvalue weighted by molar-refractivity contribution is -0.139. The Bertz CT molecular complexity index is 1500. The van der Waals surface area contributed by atoms with E-state index in [2.05, 4.69) is 4.99 Å². The van der Waals surface area contributed by atoms with Crippen LogP contribution in [0.2, 0.25) is 0 Å². The molecular weight excluding hydrogens is 476 g/mol. The summed E-state index contributed by atoms with van der Waals surface area (Å²) in [6.07, 6.45) is 5.55. The smallest absolute Gasteiger partial charge is 0.338 e. The maximum atomic E-state index is 13.6. The van der Waals surface area contributed by atoms with Crippen molar-refractivity contribution in [3.05, 3.63) is 96.7 Å². The van der Waals surface area contributed by atoms with Crippen LogP contribution < -0.4 is 24.4 Å². The van der Waals surface area contributed by atoms with E-state index in [4.69, 9.17) is 14.2 Å². The lowest BCUT2D eigenvalue weighted by Crippen LogP contribution is -2.39. The number of benzene rings is 2. The van der Waals surface area contributed by atoms with E-state index in [0.29, 0.717) is 44.3 Å². The van der Waals surface area contributed by atoms with E-state index >= 15 is 0 Å². The molecule has 3 aromatic rings. The molecule has 1 atom stereocenters. The molecule has 0 radical (unpaired) electrons. The Hall–Kier alpha value is -3.91. The summed E-state index contributed by atoms with van der Waals surface area (Å²) < 4.78 is 18.6. The Kier molecular flexibility index (Phi) is 7.85. The molecule has 2 aromatic carbocycles. The molecular formula is C28H28N2O5S. The first-order chi connectivity index (χ1) is 17.5. The summed E-state index contributed by atoms with van der Waals surface area (Å²) >= 11 is 1.28. The largest absolute Gasteiger partial charge is 0.493 e. The van der Waals surface area contributed by atoms with Crippen molar-refractivity contribution < 1.29 is 19.0 Å². The van der Waals surface area contributed by atoms with Crippen LogP contribution in [0.1, 0.15) is 37.9 Å². The molecule has 8 heteroatoms. The monoisotopic (exact) mass is 504 g/mol. The number of rotatable bonds is 8. The summed E-state index contributed by atoms with van der Waals surface area (Å²) in [5.41, 5.74) is 2.33. The van der Waals surface area contributed by atoms with Gasteiger partial charge >= 0.3 is 5.97 Å². The Morgan fingerprint density at radius 1 is 1.11 bits per heavy atom. The second-order valence-electron chi connectivity index (χ2n) is 7.94. The molecule has 0 saturated heterocycles. The zero-order chi connectivity index (χ0) is 25.7. The van der Waals surface area contributed by atoms with Crippen LogP contribution in [-0.2, 0) is 9.53 Å². The Morgan fingerprint density at radius 2 is 1.89 bits per heavy atom. The van der Waals surface area contributed by atoms with Crippen molar-refractivity contribution in [3.8, 4) is 11.5 Å². The molecule has 1 aromatic heterocycles. The van der Waals surface area contributed by atoms with Gasteiger partial charge in [0.1, 0.15) is 0 Å². The Morgan fingerprint density at radius 3 is 2.58 bits per heavy atom. The number of esters is 1. The molecule has 0 unspecified atom stereocenters. The molecule has 0 bridgehead atoms. The molecule has 2 heterocycles. The summed E-state index contributed by atoms with van der Waals surface area (Å²) in [7, 11) is 1.57. The van der Waals surface area contributed by atoms with E-state index in [-0.39, 0.29) is 12.2 Å². The van der Waals surface area contributed by atoms with E-state index in [9.17, 15) is 9.59 Å². The molecule has 7 nitrogen and oxygen atoms in total. The third-order valence-electron chi connectivity index (χ3n) is 5.66. The molecule has 36 heavy (non-hydrogen) atoms. The number of methoxy groups -OCH3 is 1. The summed E-state index contributed by atoms with van der Waals surface area (Å²) in [6, 6.07) is 14.5. The highest BCUT2D eigenvalue weighted by atomic mass is 32.1. The van der Waals surface area contributed by atoms with Gasteiger partial charge < -0.3 is 14.2 Å². The molecule has 1 aliphatic rings. The van der Waals surface area contributed by atoms with Crippen molar-refractivity contribution in [2.24, 2.45) is 4.99 Å². The average molecular weight is 505 g/mol. The van der Waals surface area contributed by atoms with Crippen LogP contribution in [0.3, 0.4) is 0 Å². The molecule has 1 aliphatic heterocycles. The fourth-order valence-corrected chi connectivity index (χ4v) is 5.06. The van der Waals surface area contributed by atoms with Crippen molar-refractivity contribution in [1.29, 1.82) is 0 Å². The van der Waals surface area contributed by atoms with E-state index in [1.165, 1.54) is 11.3 Å². The highest BCUT2D eigenvalue weighted by Gasteiger charge is 2.33. The van der Waals surface area contributed by atoms with Crippen LogP contribution in [-0.4, -0.2) is 30.9 Å². The van der Waals surface area contributed by atoms with Crippen LogP contribution in [0.5, 0.6) is 11.5 Å². The number of hydrogen-bond acceptors (Lipinski definition) is 7. The second kappa shape index (κ2) is 11.2. The Labute approximate surface area is 213 Å². The SMILES string of the molecule is CCOC(=O)C1=C(C)N=c2s/c(=C/C=C/c3ccccc3)c(=O)n2[C@@H]1c1ccc(OC)c(OCC)c1. The normalized spacial score (nSPS) is 15.6. The van der Waals surface area contributed by atoms with Gasteiger partial charge in [-0.2, -0.15) is 0 Å². The van der Waals surface area contributed by atoms with E-state index in [1.54, 1.807) is 43.7 Å². The number of carbonyl (C=O) groups excluding carboxylic acids is 1. The van der Waals surface area contributed by atoms with Gasteiger partial charge in [0.15, 0.2) is 16.3 Å². The minimum Gasteiger partial charge on any atom is -0.493 e. The van der Waals surface area contributed by atoms with E-state index in [0.717, 1.165) is 5.56 Å². The van der Waals surface area contributed by atoms with Gasteiger partial charge in [0.2, 0.25) is 0 Å². The van der Waals surface area contributed by atoms with Crippen molar-refractivity contribution in [2.45, 2.75) is 26.8 Å². The fourth-order valence-electron chi connectivity index (χ4n) is 4.06. The van der Waals surface area contributed by atoms with Crippen molar-refractivity contribution in [2.75, 3.05) is 20.3 Å². The number of allylic oxidation sites excluding steroid dienone is 2. The van der Waals surface area contributed by atoms with Crippen molar-refractivity contribution in [3.63, 3.8) is 0 Å². The molecule has 0 N–H and O–H groups in total. The second-order valence-corrected chi connectivity index (χ2v) is 8.95. The van der Waals surface area contributed by atoms with Crippen LogP contribution >= 0.6 is 11.3 Å². The fraction of sp³-hybridized carbons (Fsp3) is 0.250. The minimum atomic E-state index is -0.717. The predicted molar refractivity (Wildman–Crippen MR) is 141 cm³/mol. The first-order valence-corrected chi connectivity index (χ1v) is 12.5. The average Bonchev–Trinajstić information content (AvgIpc) is 3.18. The van der Waals surface area contributed by atoms with Gasteiger partial charge in [-0.3, -0.25) is 9.36 Å². The highest BCUT2D eigenvalue weighted by molar-refractivity contribution is 7.07. The molecule has 0 amide bonds. The maximum Gasteiger partial charge on any atom is 0.338 e. The van der Waals surface area contributed by atoms with Crippen molar-refractivity contribution >= 4 is 29.5 Å². The molecule has 0 spiro atoms. The van der Waals surface area contributed by atoms with Crippen LogP contribution in [0, 0.1) is 0 Å². The van der Waals surface area contributed by atoms with E-state index < -0.39 is 12.0 Å². The number of fused-ring (bicyclic) bond motifs is 1. The topological polar surface area (TPSA) is 79.1 Å². The number of ether oxygens (including phenoxy) is 3. The minimum absolute atomic E-state index is 0.212. The third kappa shape index (κ3) is 5.04. The van der Waals surface area contributed by atoms with Gasteiger partial charge in [-0.15, -0.1) is 0 Å². The van der Waals surface area contributed by atoms with Crippen LogP contribution in [0.25, 0.3) is 12.2 Å². The molecule has 4 rings (SSSR count).